The Morgan fingerprint density at radius 2 is 2.18 bits per heavy atom. The Bertz CT molecular complexity index is 618. The van der Waals surface area contributed by atoms with E-state index in [1.165, 1.54) is 4.31 Å². The van der Waals surface area contributed by atoms with E-state index < -0.39 is 16.1 Å². The standard InChI is InChI=1S/C15H24N2O4S/c1-4-21-14-5-6-15(11(2)7-14)22(19,20)17(3)10-12-8-13(18)9-16-12/h5-7,12-13,16,18H,4,8-10H2,1-3H3/t12-,13+/m0/s1. The predicted molar refractivity (Wildman–Crippen MR) is 84.6 cm³/mol. The molecular formula is C15H24N2O4S. The molecule has 0 radical (unpaired) electrons. The van der Waals surface area contributed by atoms with Crippen LogP contribution in [0.3, 0.4) is 0 Å². The summed E-state index contributed by atoms with van der Waals surface area (Å²) in [7, 11) is -1.98. The van der Waals surface area contributed by atoms with E-state index in [0.717, 1.165) is 0 Å². The maximum Gasteiger partial charge on any atom is 0.243 e. The van der Waals surface area contributed by atoms with Crippen LogP contribution in [0.4, 0.5) is 0 Å². The number of hydrogen-bond donors (Lipinski definition) is 2. The van der Waals surface area contributed by atoms with Gasteiger partial charge in [0.2, 0.25) is 10.0 Å². The first-order valence-corrected chi connectivity index (χ1v) is 8.89. The number of nitrogens with one attached hydrogen (secondary N) is 1. The molecular weight excluding hydrogens is 304 g/mol. The lowest BCUT2D eigenvalue weighted by Crippen LogP contribution is -2.38. The molecule has 2 N–H and O–H groups in total. The molecule has 0 amide bonds. The van der Waals surface area contributed by atoms with E-state index in [2.05, 4.69) is 5.32 Å². The molecule has 1 aliphatic heterocycles. The summed E-state index contributed by atoms with van der Waals surface area (Å²) in [5.41, 5.74) is 0.664. The first-order chi connectivity index (χ1) is 10.3. The lowest BCUT2D eigenvalue weighted by molar-refractivity contribution is 0.192. The van der Waals surface area contributed by atoms with Crippen molar-refractivity contribution in [3.8, 4) is 5.75 Å². The van der Waals surface area contributed by atoms with Gasteiger partial charge >= 0.3 is 0 Å². The van der Waals surface area contributed by atoms with Crippen LogP contribution in [0, 0.1) is 6.92 Å². The number of ether oxygens (including phenoxy) is 1. The minimum Gasteiger partial charge on any atom is -0.494 e. The van der Waals surface area contributed by atoms with Crippen LogP contribution in [-0.4, -0.2) is 56.7 Å². The van der Waals surface area contributed by atoms with Gasteiger partial charge in [0.25, 0.3) is 0 Å². The summed E-state index contributed by atoms with van der Waals surface area (Å²) in [6.45, 7) is 5.05. The number of benzene rings is 1. The molecule has 0 bridgehead atoms. The van der Waals surface area contributed by atoms with Gasteiger partial charge in [-0.05, 0) is 44.0 Å². The first kappa shape index (κ1) is 17.2. The highest BCUT2D eigenvalue weighted by Crippen LogP contribution is 2.24. The Balaban J connectivity index is 2.15. The topological polar surface area (TPSA) is 78.9 Å². The van der Waals surface area contributed by atoms with Gasteiger partial charge < -0.3 is 15.2 Å². The monoisotopic (exact) mass is 328 g/mol. The van der Waals surface area contributed by atoms with Gasteiger partial charge in [0.15, 0.2) is 0 Å². The zero-order valence-electron chi connectivity index (χ0n) is 13.2. The molecule has 0 aromatic heterocycles. The van der Waals surface area contributed by atoms with Crippen LogP contribution in [0.1, 0.15) is 18.9 Å². The molecule has 1 saturated heterocycles. The zero-order valence-corrected chi connectivity index (χ0v) is 14.1. The summed E-state index contributed by atoms with van der Waals surface area (Å²) in [6, 6.07) is 4.98. The molecule has 0 aliphatic carbocycles. The Morgan fingerprint density at radius 3 is 2.73 bits per heavy atom. The first-order valence-electron chi connectivity index (χ1n) is 7.45. The molecule has 0 unspecified atom stereocenters. The van der Waals surface area contributed by atoms with Crippen LogP contribution in [0.15, 0.2) is 23.1 Å². The average Bonchev–Trinajstić information content (AvgIpc) is 2.84. The minimum atomic E-state index is -3.55. The molecule has 7 heteroatoms. The summed E-state index contributed by atoms with van der Waals surface area (Å²) in [4.78, 5) is 0.289. The van der Waals surface area contributed by atoms with Gasteiger partial charge in [-0.15, -0.1) is 0 Å². The van der Waals surface area contributed by atoms with E-state index in [-0.39, 0.29) is 10.9 Å². The Kier molecular flexibility index (Phi) is 5.44. The molecule has 1 heterocycles. The molecule has 1 aromatic rings. The summed E-state index contributed by atoms with van der Waals surface area (Å²) >= 11 is 0. The van der Waals surface area contributed by atoms with Gasteiger partial charge in [0.05, 0.1) is 17.6 Å². The number of likely N-dealkylation sites (N-methyl/N-ethyl adjacent to an activating group) is 1. The van der Waals surface area contributed by atoms with Crippen LogP contribution >= 0.6 is 0 Å². The number of nitrogens with zero attached hydrogens (tertiary/aromatic N) is 1. The highest BCUT2D eigenvalue weighted by molar-refractivity contribution is 7.89. The summed E-state index contributed by atoms with van der Waals surface area (Å²) < 4.78 is 32.1. The Hall–Kier alpha value is -1.15. The quantitative estimate of drug-likeness (QED) is 0.805. The van der Waals surface area contributed by atoms with Crippen molar-refractivity contribution >= 4 is 10.0 Å². The number of aliphatic hydroxyl groups is 1. The highest BCUT2D eigenvalue weighted by atomic mass is 32.2. The second kappa shape index (κ2) is 6.95. The molecule has 1 aliphatic rings. The largest absolute Gasteiger partial charge is 0.494 e. The van der Waals surface area contributed by atoms with Crippen LogP contribution in [0.2, 0.25) is 0 Å². The second-order valence-electron chi connectivity index (χ2n) is 5.64. The second-order valence-corrected chi connectivity index (χ2v) is 7.65. The van der Waals surface area contributed by atoms with E-state index in [1.54, 1.807) is 32.2 Å². The van der Waals surface area contributed by atoms with E-state index >= 15 is 0 Å². The Labute approximate surface area is 132 Å². The van der Waals surface area contributed by atoms with Gasteiger partial charge in [0.1, 0.15) is 5.75 Å². The van der Waals surface area contributed by atoms with Gasteiger partial charge in [-0.1, -0.05) is 0 Å². The summed E-state index contributed by atoms with van der Waals surface area (Å²) in [5, 5.41) is 12.6. The van der Waals surface area contributed by atoms with E-state index in [0.29, 0.717) is 37.4 Å². The third-order valence-electron chi connectivity index (χ3n) is 3.82. The number of aryl methyl sites for hydroxylation is 1. The van der Waals surface area contributed by atoms with Gasteiger partial charge in [-0.3, -0.25) is 0 Å². The highest BCUT2D eigenvalue weighted by Gasteiger charge is 2.29. The van der Waals surface area contributed by atoms with E-state index in [4.69, 9.17) is 4.74 Å². The fraction of sp³-hybridized carbons (Fsp3) is 0.600. The minimum absolute atomic E-state index is 0.0159. The molecule has 0 spiro atoms. The van der Waals surface area contributed by atoms with Crippen LogP contribution < -0.4 is 10.1 Å². The van der Waals surface area contributed by atoms with Crippen molar-refractivity contribution in [3.05, 3.63) is 23.8 Å². The number of rotatable bonds is 6. The fourth-order valence-electron chi connectivity index (χ4n) is 2.68. The van der Waals surface area contributed by atoms with E-state index in [9.17, 15) is 13.5 Å². The van der Waals surface area contributed by atoms with Crippen molar-refractivity contribution in [1.29, 1.82) is 0 Å². The number of β-amino-alcohol motifs (C(OH)–C–C–N with tert-alkyl or cyclic N) is 1. The molecule has 1 aromatic carbocycles. The average molecular weight is 328 g/mol. The molecule has 22 heavy (non-hydrogen) atoms. The summed E-state index contributed by atoms with van der Waals surface area (Å²) in [6.07, 6.45) is 0.176. The van der Waals surface area contributed by atoms with E-state index in [1.807, 2.05) is 6.92 Å². The van der Waals surface area contributed by atoms with Crippen molar-refractivity contribution in [2.75, 3.05) is 26.7 Å². The third kappa shape index (κ3) is 3.78. The van der Waals surface area contributed by atoms with Crippen molar-refractivity contribution in [3.63, 3.8) is 0 Å². The fourth-order valence-corrected chi connectivity index (χ4v) is 4.10. The number of hydrogen-bond acceptors (Lipinski definition) is 5. The van der Waals surface area contributed by atoms with Crippen molar-refractivity contribution < 1.29 is 18.3 Å². The molecule has 1 fully saturated rings. The number of aliphatic hydroxyl groups excluding tert-OH is 1. The van der Waals surface area contributed by atoms with Gasteiger partial charge in [0, 0.05) is 26.2 Å². The lowest BCUT2D eigenvalue weighted by atomic mass is 10.2. The molecule has 2 atom stereocenters. The SMILES string of the molecule is CCOc1ccc(S(=O)(=O)N(C)C[C@@H]2C[C@@H](O)CN2)c(C)c1. The molecule has 0 saturated carbocycles. The van der Waals surface area contributed by atoms with Crippen molar-refractivity contribution in [2.24, 2.45) is 0 Å². The molecule has 124 valence electrons. The smallest absolute Gasteiger partial charge is 0.243 e. The maximum absolute atomic E-state index is 12.7. The van der Waals surface area contributed by atoms with Gasteiger partial charge in [-0.2, -0.15) is 4.31 Å². The normalized spacial score (nSPS) is 22.2. The van der Waals surface area contributed by atoms with Crippen LogP contribution in [0.5, 0.6) is 5.75 Å². The number of sulfonamides is 1. The van der Waals surface area contributed by atoms with Crippen molar-refractivity contribution in [1.82, 2.24) is 9.62 Å². The van der Waals surface area contributed by atoms with Gasteiger partial charge in [-0.25, -0.2) is 8.42 Å². The zero-order chi connectivity index (χ0) is 16.3. The summed E-state index contributed by atoms with van der Waals surface area (Å²) in [5.74, 6) is 0.669. The third-order valence-corrected chi connectivity index (χ3v) is 5.81. The molecule has 6 nitrogen and oxygen atoms in total. The maximum atomic E-state index is 12.7. The van der Waals surface area contributed by atoms with Crippen molar-refractivity contribution in [2.45, 2.75) is 37.3 Å². The Morgan fingerprint density at radius 1 is 1.45 bits per heavy atom. The predicted octanol–water partition coefficient (Wildman–Crippen LogP) is 0.737. The molecule has 2 rings (SSSR count). The van der Waals surface area contributed by atoms with Crippen LogP contribution in [-0.2, 0) is 10.0 Å². The van der Waals surface area contributed by atoms with Crippen LogP contribution in [0.25, 0.3) is 0 Å². The lowest BCUT2D eigenvalue weighted by Gasteiger charge is -2.22.